The van der Waals surface area contributed by atoms with Crippen molar-refractivity contribution >= 4 is 40.8 Å². The normalized spacial score (nSPS) is 15.4. The van der Waals surface area contributed by atoms with E-state index >= 15 is 0 Å². The third-order valence-corrected chi connectivity index (χ3v) is 5.35. The molecule has 8 nitrogen and oxygen atoms in total. The number of ether oxygens (including phenoxy) is 1. The smallest absolute Gasteiger partial charge is 0.362 e. The van der Waals surface area contributed by atoms with E-state index in [0.29, 0.717) is 29.2 Å². The van der Waals surface area contributed by atoms with E-state index in [2.05, 4.69) is 19.9 Å². The molecule has 0 aliphatic heterocycles. The fourth-order valence-corrected chi connectivity index (χ4v) is 3.88. The van der Waals surface area contributed by atoms with E-state index in [9.17, 15) is 4.79 Å². The van der Waals surface area contributed by atoms with Crippen LogP contribution in [-0.4, -0.2) is 39.9 Å². The third kappa shape index (κ3) is 5.77. The third-order valence-electron chi connectivity index (χ3n) is 5.05. The minimum atomic E-state index is -0.305. The highest BCUT2D eigenvalue weighted by atomic mass is 35.5. The van der Waals surface area contributed by atoms with Crippen LogP contribution in [0.1, 0.15) is 39.0 Å². The number of carbonyl (C=O) groups is 1. The van der Waals surface area contributed by atoms with E-state index in [1.165, 1.54) is 32.1 Å². The van der Waals surface area contributed by atoms with E-state index in [0.717, 1.165) is 23.8 Å². The van der Waals surface area contributed by atoms with Crippen molar-refractivity contribution in [2.75, 3.05) is 18.5 Å². The number of quaternary nitrogens is 1. The first-order valence-corrected chi connectivity index (χ1v) is 10.5. The van der Waals surface area contributed by atoms with Gasteiger partial charge in [-0.1, -0.05) is 30.9 Å². The van der Waals surface area contributed by atoms with Gasteiger partial charge in [0.1, 0.15) is 17.5 Å². The van der Waals surface area contributed by atoms with Crippen molar-refractivity contribution in [3.63, 3.8) is 0 Å². The molecule has 0 atom stereocenters. The molecule has 2 aromatic rings. The number of aromatic nitrogens is 3. The highest BCUT2D eigenvalue weighted by molar-refractivity contribution is 6.35. The van der Waals surface area contributed by atoms with Gasteiger partial charge < -0.3 is 25.3 Å². The molecule has 0 spiro atoms. The molecule has 9 heteroatoms. The Kier molecular flexibility index (Phi) is 7.60. The number of halogens is 1. The van der Waals surface area contributed by atoms with Gasteiger partial charge in [-0.3, -0.25) is 0 Å². The molecule has 156 valence electrons. The summed E-state index contributed by atoms with van der Waals surface area (Å²) in [6, 6.07) is 0. The number of fused-ring (bicyclic) bond motifs is 1. The molecule has 2 heterocycles. The number of allylic oxidation sites excluding steroid dienone is 1. The summed E-state index contributed by atoms with van der Waals surface area (Å²) >= 11 is 6.39. The van der Waals surface area contributed by atoms with Gasteiger partial charge in [-0.05, 0) is 25.7 Å². The fraction of sp³-hybridized carbons (Fsp3) is 0.500. The van der Waals surface area contributed by atoms with Gasteiger partial charge in [-0.15, -0.1) is 0 Å². The van der Waals surface area contributed by atoms with E-state index in [1.54, 1.807) is 24.6 Å². The molecule has 0 bridgehead atoms. The highest BCUT2D eigenvalue weighted by Gasteiger charge is 2.17. The van der Waals surface area contributed by atoms with Crippen LogP contribution in [-0.2, 0) is 16.1 Å². The second-order valence-corrected chi connectivity index (χ2v) is 7.61. The lowest BCUT2D eigenvalue weighted by Crippen LogP contribution is -2.80. The molecule has 1 aliphatic rings. The first-order chi connectivity index (χ1) is 14.1. The maximum Gasteiger partial charge on any atom is 0.362 e. The standard InChI is InChI=1S/C20H27ClN6O2/c1-2-29-18(28)11-23-9-15(8-22)25-20-24-10-16-17(21)13-27(19(16)26-20)12-14-6-4-3-5-7-14/h8-10,13-14,22-23H,2-7,11-12H2,1H3,(H,24,25,26)/p+1/b15-9+,22-8?. The topological polar surface area (TPSA) is 109 Å². The van der Waals surface area contributed by atoms with Gasteiger partial charge in [0.2, 0.25) is 5.95 Å². The predicted molar refractivity (Wildman–Crippen MR) is 113 cm³/mol. The van der Waals surface area contributed by atoms with Crippen LogP contribution < -0.4 is 10.6 Å². The average molecular weight is 420 g/mol. The van der Waals surface area contributed by atoms with Crippen molar-refractivity contribution in [2.24, 2.45) is 5.92 Å². The molecule has 0 radical (unpaired) electrons. The summed E-state index contributed by atoms with van der Waals surface area (Å²) in [4.78, 5) is 20.4. The maximum atomic E-state index is 11.4. The van der Waals surface area contributed by atoms with Crippen molar-refractivity contribution in [1.82, 2.24) is 14.5 Å². The molecule has 1 saturated carbocycles. The highest BCUT2D eigenvalue weighted by Crippen LogP contribution is 2.29. The van der Waals surface area contributed by atoms with Crippen LogP contribution in [0.4, 0.5) is 5.95 Å². The van der Waals surface area contributed by atoms with E-state index < -0.39 is 0 Å². The molecular formula is C20H28ClN6O2+. The molecule has 0 saturated heterocycles. The molecule has 1 fully saturated rings. The number of nitrogens with zero attached hydrogens (tertiary/aromatic N) is 3. The molecule has 0 amide bonds. The monoisotopic (exact) mass is 419 g/mol. The average Bonchev–Trinajstić information content (AvgIpc) is 3.03. The summed E-state index contributed by atoms with van der Waals surface area (Å²) in [5, 5.41) is 13.7. The molecule has 1 aliphatic carbocycles. The summed E-state index contributed by atoms with van der Waals surface area (Å²) in [5.41, 5.74) is 1.27. The first-order valence-electron chi connectivity index (χ1n) is 10.1. The minimum absolute atomic E-state index is 0.145. The number of anilines is 1. The zero-order chi connectivity index (χ0) is 20.6. The number of nitrogens with two attached hydrogens (primary N) is 1. The van der Waals surface area contributed by atoms with Gasteiger partial charge >= 0.3 is 5.97 Å². The Hall–Kier alpha value is -2.45. The van der Waals surface area contributed by atoms with Gasteiger partial charge in [-0.2, -0.15) is 4.98 Å². The van der Waals surface area contributed by atoms with Gasteiger partial charge in [-0.25, -0.2) is 9.78 Å². The maximum absolute atomic E-state index is 11.4. The summed E-state index contributed by atoms with van der Waals surface area (Å²) in [6.45, 7) is 3.16. The summed E-state index contributed by atoms with van der Waals surface area (Å²) in [7, 11) is 0. The number of carbonyl (C=O) groups excluding carboxylic acids is 1. The van der Waals surface area contributed by atoms with Gasteiger partial charge in [0, 0.05) is 25.2 Å². The quantitative estimate of drug-likeness (QED) is 0.427. The van der Waals surface area contributed by atoms with Crippen LogP contribution in [0.3, 0.4) is 0 Å². The predicted octanol–water partition coefficient (Wildman–Crippen LogP) is 2.69. The van der Waals surface area contributed by atoms with Gasteiger partial charge in [0.05, 0.1) is 17.0 Å². The molecule has 29 heavy (non-hydrogen) atoms. The summed E-state index contributed by atoms with van der Waals surface area (Å²) < 4.78 is 7.00. The molecule has 2 aromatic heterocycles. The van der Waals surface area contributed by atoms with E-state index in [-0.39, 0.29) is 12.5 Å². The number of rotatable bonds is 9. The Labute approximate surface area is 175 Å². The van der Waals surface area contributed by atoms with Crippen molar-refractivity contribution in [3.05, 3.63) is 29.3 Å². The molecule has 0 aromatic carbocycles. The van der Waals surface area contributed by atoms with Crippen LogP contribution >= 0.6 is 11.6 Å². The van der Waals surface area contributed by atoms with Crippen molar-refractivity contribution in [2.45, 2.75) is 45.6 Å². The lowest BCUT2D eigenvalue weighted by atomic mass is 9.89. The Morgan fingerprint density at radius 3 is 2.97 bits per heavy atom. The van der Waals surface area contributed by atoms with Crippen molar-refractivity contribution in [1.29, 1.82) is 5.41 Å². The van der Waals surface area contributed by atoms with E-state index in [4.69, 9.17) is 21.7 Å². The second-order valence-electron chi connectivity index (χ2n) is 7.20. The number of nitrogens with one attached hydrogen (secondary N) is 2. The van der Waals surface area contributed by atoms with Crippen LogP contribution in [0.15, 0.2) is 24.3 Å². The number of esters is 1. The Morgan fingerprint density at radius 1 is 1.45 bits per heavy atom. The lowest BCUT2D eigenvalue weighted by Gasteiger charge is -2.22. The van der Waals surface area contributed by atoms with Gasteiger partial charge in [0.25, 0.3) is 0 Å². The molecule has 3 rings (SSSR count). The number of hydrogen-bond acceptors (Lipinski definition) is 6. The zero-order valence-corrected chi connectivity index (χ0v) is 17.4. The van der Waals surface area contributed by atoms with Gasteiger partial charge in [0.15, 0.2) is 6.54 Å². The Balaban J connectivity index is 1.72. The lowest BCUT2D eigenvalue weighted by molar-refractivity contribution is -0.578. The fourth-order valence-electron chi connectivity index (χ4n) is 3.63. The SMILES string of the molecule is CCOC(=O)C[NH2+]/C=C(\C=N)Nc1ncc2c(Cl)cn(CC3CCCCC3)c2n1. The summed E-state index contributed by atoms with van der Waals surface area (Å²) in [6.07, 6.45) is 12.8. The Bertz CT molecular complexity index is 888. The molecule has 0 unspecified atom stereocenters. The summed E-state index contributed by atoms with van der Waals surface area (Å²) in [5.74, 6) is 0.730. The molecular weight excluding hydrogens is 392 g/mol. The molecule has 4 N–H and O–H groups in total. The van der Waals surface area contributed by atoms with Crippen LogP contribution in [0.2, 0.25) is 5.02 Å². The van der Waals surface area contributed by atoms with Crippen molar-refractivity contribution in [3.8, 4) is 0 Å². The number of hydrogen-bond donors (Lipinski definition) is 3. The first kappa shape index (κ1) is 21.3. The van der Waals surface area contributed by atoms with E-state index in [1.807, 2.05) is 6.20 Å². The van der Waals surface area contributed by atoms with Crippen LogP contribution in [0, 0.1) is 11.3 Å². The Morgan fingerprint density at radius 2 is 2.24 bits per heavy atom. The van der Waals surface area contributed by atoms with Crippen LogP contribution in [0.25, 0.3) is 11.0 Å². The second kappa shape index (κ2) is 10.4. The van der Waals surface area contributed by atoms with Crippen molar-refractivity contribution < 1.29 is 14.8 Å². The zero-order valence-electron chi connectivity index (χ0n) is 16.7. The van der Waals surface area contributed by atoms with Crippen LogP contribution in [0.5, 0.6) is 0 Å². The largest absolute Gasteiger partial charge is 0.462 e. The minimum Gasteiger partial charge on any atom is -0.462 e.